The van der Waals surface area contributed by atoms with Gasteiger partial charge in [0.05, 0.1) is 0 Å². The van der Waals surface area contributed by atoms with E-state index in [2.05, 4.69) is 0 Å². The number of rotatable bonds is 1. The van der Waals surface area contributed by atoms with Crippen LogP contribution in [-0.2, 0) is 4.79 Å². The standard InChI is InChI=1S/C9H13ClO/c1-5(11)8-6-2-3-7(4-6)9(8)10/h6-9H,2-4H2,1H3/t6-,7+,8+,9-/m1/s1. The van der Waals surface area contributed by atoms with E-state index in [1.54, 1.807) is 6.92 Å². The summed E-state index contributed by atoms with van der Waals surface area (Å²) >= 11 is 6.15. The van der Waals surface area contributed by atoms with Gasteiger partial charge in [0.1, 0.15) is 5.78 Å². The lowest BCUT2D eigenvalue weighted by atomic mass is 9.86. The lowest BCUT2D eigenvalue weighted by Crippen LogP contribution is -2.28. The fourth-order valence-electron chi connectivity index (χ4n) is 2.78. The van der Waals surface area contributed by atoms with Crippen LogP contribution in [0.4, 0.5) is 0 Å². The predicted molar refractivity (Wildman–Crippen MR) is 44.6 cm³/mol. The number of alkyl halides is 1. The average molecular weight is 173 g/mol. The molecule has 11 heavy (non-hydrogen) atoms. The van der Waals surface area contributed by atoms with Crippen molar-refractivity contribution in [3.05, 3.63) is 0 Å². The van der Waals surface area contributed by atoms with Gasteiger partial charge in [0.25, 0.3) is 0 Å². The van der Waals surface area contributed by atoms with Crippen LogP contribution in [-0.4, -0.2) is 11.2 Å². The fraction of sp³-hybridized carbons (Fsp3) is 0.889. The zero-order chi connectivity index (χ0) is 8.01. The molecule has 0 aromatic rings. The zero-order valence-electron chi connectivity index (χ0n) is 6.72. The predicted octanol–water partition coefficient (Wildman–Crippen LogP) is 2.23. The second-order valence-corrected chi connectivity index (χ2v) is 4.42. The number of hydrogen-bond acceptors (Lipinski definition) is 1. The lowest BCUT2D eigenvalue weighted by Gasteiger charge is -2.23. The second kappa shape index (κ2) is 2.48. The van der Waals surface area contributed by atoms with Crippen LogP contribution in [0.2, 0.25) is 0 Å². The third-order valence-corrected chi connectivity index (χ3v) is 3.91. The molecule has 2 bridgehead atoms. The van der Waals surface area contributed by atoms with Gasteiger partial charge in [-0.2, -0.15) is 0 Å². The second-order valence-electron chi connectivity index (χ2n) is 3.91. The Kier molecular flexibility index (Phi) is 1.71. The van der Waals surface area contributed by atoms with E-state index in [1.807, 2.05) is 0 Å². The molecule has 0 aromatic carbocycles. The lowest BCUT2D eigenvalue weighted by molar-refractivity contribution is -0.122. The van der Waals surface area contributed by atoms with E-state index in [4.69, 9.17) is 11.6 Å². The molecule has 0 N–H and O–H groups in total. The summed E-state index contributed by atoms with van der Waals surface area (Å²) in [4.78, 5) is 11.2. The monoisotopic (exact) mass is 172 g/mol. The molecule has 0 aliphatic heterocycles. The van der Waals surface area contributed by atoms with Crippen LogP contribution in [0.3, 0.4) is 0 Å². The molecule has 0 aromatic heterocycles. The Bertz CT molecular complexity index is 188. The minimum Gasteiger partial charge on any atom is -0.300 e. The van der Waals surface area contributed by atoms with Crippen molar-refractivity contribution in [2.45, 2.75) is 31.6 Å². The van der Waals surface area contributed by atoms with Gasteiger partial charge in [0, 0.05) is 11.3 Å². The van der Waals surface area contributed by atoms with Gasteiger partial charge in [0.15, 0.2) is 0 Å². The summed E-state index contributed by atoms with van der Waals surface area (Å²) in [5.74, 6) is 1.77. The van der Waals surface area contributed by atoms with E-state index < -0.39 is 0 Å². The molecule has 4 atom stereocenters. The largest absolute Gasteiger partial charge is 0.300 e. The maximum Gasteiger partial charge on any atom is 0.134 e. The molecule has 2 aliphatic carbocycles. The van der Waals surface area contributed by atoms with Gasteiger partial charge in [-0.05, 0) is 38.0 Å². The third kappa shape index (κ3) is 1.01. The van der Waals surface area contributed by atoms with Crippen LogP contribution in [0.15, 0.2) is 0 Å². The van der Waals surface area contributed by atoms with E-state index in [-0.39, 0.29) is 11.3 Å². The van der Waals surface area contributed by atoms with Crippen LogP contribution < -0.4 is 0 Å². The molecule has 0 heterocycles. The van der Waals surface area contributed by atoms with E-state index in [9.17, 15) is 4.79 Å². The van der Waals surface area contributed by atoms with Gasteiger partial charge < -0.3 is 0 Å². The Morgan fingerprint density at radius 2 is 2.00 bits per heavy atom. The SMILES string of the molecule is CC(=O)[C@H]1[C@@H]2CC[C@@H](C2)[C@H]1Cl. The van der Waals surface area contributed by atoms with Crippen molar-refractivity contribution >= 4 is 17.4 Å². The number of carbonyl (C=O) groups excluding carboxylic acids is 1. The Morgan fingerprint density at radius 3 is 2.36 bits per heavy atom. The smallest absolute Gasteiger partial charge is 0.134 e. The van der Waals surface area contributed by atoms with Gasteiger partial charge in [0.2, 0.25) is 0 Å². The van der Waals surface area contributed by atoms with Gasteiger partial charge in [-0.15, -0.1) is 11.6 Å². The summed E-state index contributed by atoms with van der Waals surface area (Å²) < 4.78 is 0. The number of fused-ring (bicyclic) bond motifs is 2. The number of Topliss-reactive ketones (excluding diaryl/α,β-unsaturated/α-hetero) is 1. The molecule has 0 saturated heterocycles. The summed E-state index contributed by atoms with van der Waals surface area (Å²) in [5.41, 5.74) is 0. The highest BCUT2D eigenvalue weighted by Crippen LogP contribution is 2.51. The van der Waals surface area contributed by atoms with E-state index in [1.165, 1.54) is 19.3 Å². The molecule has 0 radical (unpaired) electrons. The van der Waals surface area contributed by atoms with Gasteiger partial charge >= 0.3 is 0 Å². The Labute approximate surface area is 72.1 Å². The maximum atomic E-state index is 11.2. The summed E-state index contributed by atoms with van der Waals surface area (Å²) in [6.07, 6.45) is 3.69. The van der Waals surface area contributed by atoms with Crippen LogP contribution in [0.1, 0.15) is 26.2 Å². The van der Waals surface area contributed by atoms with Crippen LogP contribution in [0, 0.1) is 17.8 Å². The number of hydrogen-bond donors (Lipinski definition) is 0. The van der Waals surface area contributed by atoms with Gasteiger partial charge in [-0.25, -0.2) is 0 Å². The first-order valence-corrected chi connectivity index (χ1v) is 4.78. The first-order chi connectivity index (χ1) is 5.20. The summed E-state index contributed by atoms with van der Waals surface area (Å²) in [6.45, 7) is 1.68. The van der Waals surface area contributed by atoms with Crippen LogP contribution in [0.5, 0.6) is 0 Å². The summed E-state index contributed by atoms with van der Waals surface area (Å²) in [7, 11) is 0. The molecular formula is C9H13ClO. The van der Waals surface area contributed by atoms with Crippen LogP contribution in [0.25, 0.3) is 0 Å². The number of carbonyl (C=O) groups is 1. The quantitative estimate of drug-likeness (QED) is 0.555. The highest BCUT2D eigenvalue weighted by Gasteiger charge is 2.48. The van der Waals surface area contributed by atoms with E-state index >= 15 is 0 Å². The molecule has 2 saturated carbocycles. The summed E-state index contributed by atoms with van der Waals surface area (Å²) in [5, 5.41) is 0.159. The van der Waals surface area contributed by atoms with Crippen molar-refractivity contribution in [2.24, 2.45) is 17.8 Å². The molecule has 2 heteroatoms. The van der Waals surface area contributed by atoms with Crippen molar-refractivity contribution in [1.82, 2.24) is 0 Å². The molecule has 0 spiro atoms. The molecule has 0 unspecified atom stereocenters. The number of halogens is 1. The minimum absolute atomic E-state index is 0.159. The molecule has 2 aliphatic rings. The van der Waals surface area contributed by atoms with Crippen molar-refractivity contribution in [3.63, 3.8) is 0 Å². The van der Waals surface area contributed by atoms with Gasteiger partial charge in [-0.3, -0.25) is 4.79 Å². The molecule has 1 nitrogen and oxygen atoms in total. The minimum atomic E-state index is 0.159. The van der Waals surface area contributed by atoms with E-state index in [0.29, 0.717) is 17.6 Å². The third-order valence-electron chi connectivity index (χ3n) is 3.28. The molecule has 2 fully saturated rings. The van der Waals surface area contributed by atoms with Crippen molar-refractivity contribution in [3.8, 4) is 0 Å². The normalized spacial score (nSPS) is 48.2. The fourth-order valence-corrected chi connectivity index (χ4v) is 3.39. The molecule has 62 valence electrons. The Hall–Kier alpha value is -0.0400. The first-order valence-electron chi connectivity index (χ1n) is 4.34. The zero-order valence-corrected chi connectivity index (χ0v) is 7.47. The molecule has 0 amide bonds. The van der Waals surface area contributed by atoms with Gasteiger partial charge in [-0.1, -0.05) is 0 Å². The molecule has 2 rings (SSSR count). The topological polar surface area (TPSA) is 17.1 Å². The van der Waals surface area contributed by atoms with Crippen molar-refractivity contribution in [1.29, 1.82) is 0 Å². The van der Waals surface area contributed by atoms with Crippen LogP contribution >= 0.6 is 11.6 Å². The first kappa shape index (κ1) is 7.60. The molecular weight excluding hydrogens is 160 g/mol. The average Bonchev–Trinajstić information content (AvgIpc) is 2.44. The Morgan fingerprint density at radius 1 is 1.36 bits per heavy atom. The maximum absolute atomic E-state index is 11.2. The van der Waals surface area contributed by atoms with Crippen molar-refractivity contribution < 1.29 is 4.79 Å². The van der Waals surface area contributed by atoms with E-state index in [0.717, 1.165) is 0 Å². The Balaban J connectivity index is 2.17. The summed E-state index contributed by atoms with van der Waals surface area (Å²) in [6, 6.07) is 0. The highest BCUT2D eigenvalue weighted by atomic mass is 35.5. The number of ketones is 1. The van der Waals surface area contributed by atoms with Crippen molar-refractivity contribution in [2.75, 3.05) is 0 Å². The highest BCUT2D eigenvalue weighted by molar-refractivity contribution is 6.22.